The Morgan fingerprint density at radius 2 is 2.00 bits per heavy atom. The highest BCUT2D eigenvalue weighted by molar-refractivity contribution is 6.04. The summed E-state index contributed by atoms with van der Waals surface area (Å²) in [5.41, 5.74) is 0.281. The predicted octanol–water partition coefficient (Wildman–Crippen LogP) is 2.24. The SMILES string of the molecule is O=C(O)Cc1cccc(NC(=O)c2ccnc(F)c2F)c1. The second kappa shape index (κ2) is 6.08. The Balaban J connectivity index is 2.20. The molecular formula is C14H10F2N2O3. The van der Waals surface area contributed by atoms with Crippen LogP contribution in [0.3, 0.4) is 0 Å². The third-order valence-corrected chi connectivity index (χ3v) is 2.63. The highest BCUT2D eigenvalue weighted by Gasteiger charge is 2.16. The largest absolute Gasteiger partial charge is 0.481 e. The molecule has 0 radical (unpaired) electrons. The first kappa shape index (κ1) is 14.6. The molecule has 0 aliphatic carbocycles. The van der Waals surface area contributed by atoms with Gasteiger partial charge in [0.2, 0.25) is 5.95 Å². The minimum absolute atomic E-state index is 0.206. The molecule has 1 heterocycles. The summed E-state index contributed by atoms with van der Waals surface area (Å²) in [5, 5.41) is 11.1. The monoisotopic (exact) mass is 292 g/mol. The van der Waals surface area contributed by atoms with Crippen molar-refractivity contribution in [2.24, 2.45) is 0 Å². The summed E-state index contributed by atoms with van der Waals surface area (Å²) in [6.45, 7) is 0. The van der Waals surface area contributed by atoms with Crippen LogP contribution in [0.15, 0.2) is 36.5 Å². The standard InChI is InChI=1S/C14H10F2N2O3/c15-12-10(4-5-17-13(12)16)14(21)18-9-3-1-2-8(6-9)7-11(19)20/h1-6H,7H2,(H,18,21)(H,19,20). The Bertz CT molecular complexity index is 704. The van der Waals surface area contributed by atoms with Gasteiger partial charge in [0.25, 0.3) is 5.91 Å². The topological polar surface area (TPSA) is 79.3 Å². The number of carboxylic acids is 1. The van der Waals surface area contributed by atoms with Gasteiger partial charge in [-0.3, -0.25) is 9.59 Å². The number of carbonyl (C=O) groups is 2. The van der Waals surface area contributed by atoms with Crippen molar-refractivity contribution in [1.82, 2.24) is 4.98 Å². The lowest BCUT2D eigenvalue weighted by atomic mass is 10.1. The maximum atomic E-state index is 13.4. The number of hydrogen-bond acceptors (Lipinski definition) is 3. The molecule has 2 rings (SSSR count). The molecule has 0 aliphatic heterocycles. The Hall–Kier alpha value is -2.83. The van der Waals surface area contributed by atoms with Gasteiger partial charge in [-0.25, -0.2) is 9.37 Å². The smallest absolute Gasteiger partial charge is 0.307 e. The third kappa shape index (κ3) is 3.59. The van der Waals surface area contributed by atoms with E-state index in [1.807, 2.05) is 0 Å². The Labute approximate surface area is 118 Å². The van der Waals surface area contributed by atoms with Crippen LogP contribution in [0, 0.1) is 11.8 Å². The van der Waals surface area contributed by atoms with Crippen LogP contribution in [-0.2, 0) is 11.2 Å². The summed E-state index contributed by atoms with van der Waals surface area (Å²) < 4.78 is 26.4. The zero-order valence-electron chi connectivity index (χ0n) is 10.6. The van der Waals surface area contributed by atoms with Gasteiger partial charge in [-0.15, -0.1) is 0 Å². The first-order valence-corrected chi connectivity index (χ1v) is 5.89. The summed E-state index contributed by atoms with van der Waals surface area (Å²) in [4.78, 5) is 25.6. The normalized spacial score (nSPS) is 10.2. The number of nitrogens with zero attached hydrogens (tertiary/aromatic N) is 1. The molecule has 2 N–H and O–H groups in total. The van der Waals surface area contributed by atoms with E-state index in [4.69, 9.17) is 5.11 Å². The van der Waals surface area contributed by atoms with Crippen molar-refractivity contribution in [2.45, 2.75) is 6.42 Å². The van der Waals surface area contributed by atoms with Crippen LogP contribution in [0.4, 0.5) is 14.5 Å². The van der Waals surface area contributed by atoms with Crippen LogP contribution in [0.25, 0.3) is 0 Å². The molecule has 108 valence electrons. The second-order valence-corrected chi connectivity index (χ2v) is 4.19. The van der Waals surface area contributed by atoms with Crippen molar-refractivity contribution in [3.8, 4) is 0 Å². The highest BCUT2D eigenvalue weighted by Crippen LogP contribution is 2.15. The van der Waals surface area contributed by atoms with E-state index >= 15 is 0 Å². The number of aliphatic carboxylic acids is 1. The van der Waals surface area contributed by atoms with Gasteiger partial charge in [0, 0.05) is 11.9 Å². The lowest BCUT2D eigenvalue weighted by molar-refractivity contribution is -0.136. The number of rotatable bonds is 4. The van der Waals surface area contributed by atoms with Crippen LogP contribution < -0.4 is 5.32 Å². The Morgan fingerprint density at radius 3 is 2.71 bits per heavy atom. The number of amides is 1. The molecule has 2 aromatic rings. The number of halogens is 2. The summed E-state index contributed by atoms with van der Waals surface area (Å²) in [7, 11) is 0. The maximum absolute atomic E-state index is 13.4. The van der Waals surface area contributed by atoms with Gasteiger partial charge in [0.15, 0.2) is 5.82 Å². The second-order valence-electron chi connectivity index (χ2n) is 4.19. The van der Waals surface area contributed by atoms with Crippen molar-refractivity contribution in [2.75, 3.05) is 5.32 Å². The van der Waals surface area contributed by atoms with Gasteiger partial charge in [-0.05, 0) is 23.8 Å². The molecule has 0 atom stereocenters. The lowest BCUT2D eigenvalue weighted by Gasteiger charge is -2.07. The van der Waals surface area contributed by atoms with Gasteiger partial charge >= 0.3 is 5.97 Å². The molecule has 0 saturated heterocycles. The van der Waals surface area contributed by atoms with E-state index in [9.17, 15) is 18.4 Å². The summed E-state index contributed by atoms with van der Waals surface area (Å²) in [6.07, 6.45) is 0.774. The molecule has 0 aliphatic rings. The van der Waals surface area contributed by atoms with E-state index in [1.54, 1.807) is 12.1 Å². The first-order valence-electron chi connectivity index (χ1n) is 5.89. The summed E-state index contributed by atoms with van der Waals surface area (Å²) in [5.74, 6) is -4.55. The number of aromatic nitrogens is 1. The minimum atomic E-state index is -1.36. The van der Waals surface area contributed by atoms with Gasteiger partial charge in [0.05, 0.1) is 12.0 Å². The van der Waals surface area contributed by atoms with Crippen molar-refractivity contribution in [3.63, 3.8) is 0 Å². The zero-order chi connectivity index (χ0) is 15.4. The fraction of sp³-hybridized carbons (Fsp3) is 0.0714. The lowest BCUT2D eigenvalue weighted by Crippen LogP contribution is -2.15. The molecule has 1 aromatic heterocycles. The van der Waals surface area contributed by atoms with E-state index in [0.29, 0.717) is 5.56 Å². The van der Waals surface area contributed by atoms with Crippen molar-refractivity contribution in [3.05, 3.63) is 59.4 Å². The molecular weight excluding hydrogens is 282 g/mol. The molecule has 1 aromatic carbocycles. The van der Waals surface area contributed by atoms with E-state index in [2.05, 4.69) is 10.3 Å². The van der Waals surface area contributed by atoms with Crippen molar-refractivity contribution in [1.29, 1.82) is 0 Å². The number of nitrogens with one attached hydrogen (secondary N) is 1. The molecule has 21 heavy (non-hydrogen) atoms. The average Bonchev–Trinajstić information content (AvgIpc) is 2.41. The van der Waals surface area contributed by atoms with Crippen LogP contribution in [0.5, 0.6) is 0 Å². The number of carboxylic acid groups (broad SMARTS) is 1. The number of carbonyl (C=O) groups excluding carboxylic acids is 1. The number of hydrogen-bond donors (Lipinski definition) is 2. The highest BCUT2D eigenvalue weighted by atomic mass is 19.2. The van der Waals surface area contributed by atoms with E-state index in [0.717, 1.165) is 12.3 Å². The van der Waals surface area contributed by atoms with Crippen LogP contribution in [-0.4, -0.2) is 22.0 Å². The fourth-order valence-electron chi connectivity index (χ4n) is 1.73. The van der Waals surface area contributed by atoms with Crippen LogP contribution in [0.2, 0.25) is 0 Å². The zero-order valence-corrected chi connectivity index (χ0v) is 10.6. The predicted molar refractivity (Wildman–Crippen MR) is 69.9 cm³/mol. The van der Waals surface area contributed by atoms with E-state index < -0.39 is 29.2 Å². The Morgan fingerprint density at radius 1 is 1.24 bits per heavy atom. The van der Waals surface area contributed by atoms with Crippen molar-refractivity contribution < 1.29 is 23.5 Å². The quantitative estimate of drug-likeness (QED) is 0.847. The number of pyridine rings is 1. The molecule has 0 unspecified atom stereocenters. The Kier molecular flexibility index (Phi) is 4.22. The van der Waals surface area contributed by atoms with Crippen molar-refractivity contribution >= 4 is 17.6 Å². The minimum Gasteiger partial charge on any atom is -0.481 e. The number of benzene rings is 1. The molecule has 1 amide bonds. The van der Waals surface area contributed by atoms with Gasteiger partial charge in [-0.1, -0.05) is 12.1 Å². The van der Waals surface area contributed by atoms with Gasteiger partial charge in [0.1, 0.15) is 0 Å². The maximum Gasteiger partial charge on any atom is 0.307 e. The van der Waals surface area contributed by atoms with Crippen LogP contribution in [0.1, 0.15) is 15.9 Å². The third-order valence-electron chi connectivity index (χ3n) is 2.63. The first-order chi connectivity index (χ1) is 9.97. The molecule has 5 nitrogen and oxygen atoms in total. The number of anilines is 1. The molecule has 0 spiro atoms. The fourth-order valence-corrected chi connectivity index (χ4v) is 1.73. The summed E-state index contributed by atoms with van der Waals surface area (Å²) >= 11 is 0. The molecule has 7 heteroatoms. The van der Waals surface area contributed by atoms with E-state index in [-0.39, 0.29) is 12.1 Å². The summed E-state index contributed by atoms with van der Waals surface area (Å²) in [6, 6.07) is 7.14. The molecule has 0 bridgehead atoms. The average molecular weight is 292 g/mol. The van der Waals surface area contributed by atoms with E-state index in [1.165, 1.54) is 12.1 Å². The molecule has 0 saturated carbocycles. The van der Waals surface area contributed by atoms with Crippen LogP contribution >= 0.6 is 0 Å². The molecule has 0 fully saturated rings. The van der Waals surface area contributed by atoms with Gasteiger partial charge < -0.3 is 10.4 Å². The van der Waals surface area contributed by atoms with Gasteiger partial charge in [-0.2, -0.15) is 4.39 Å².